The lowest BCUT2D eigenvalue weighted by Crippen LogP contribution is -2.51. The van der Waals surface area contributed by atoms with Crippen LogP contribution in [0.5, 0.6) is 5.75 Å². The average Bonchev–Trinajstić information content (AvgIpc) is 2.96. The SMILES string of the molecule is CC12CCN(Cc3ccco3)C(Cc3ccc(O)cc31)C2. The van der Waals surface area contributed by atoms with Crippen molar-refractivity contribution < 1.29 is 9.52 Å². The predicted octanol–water partition coefficient (Wildman–Crippen LogP) is 3.46. The van der Waals surface area contributed by atoms with Crippen molar-refractivity contribution in [3.05, 3.63) is 53.5 Å². The Hall–Kier alpha value is -1.74. The molecule has 0 saturated carbocycles. The lowest BCUT2D eigenvalue weighted by molar-refractivity contribution is 0.0745. The Bertz CT molecular complexity index is 649. The Balaban J connectivity index is 1.64. The van der Waals surface area contributed by atoms with Gasteiger partial charge in [-0.25, -0.2) is 0 Å². The van der Waals surface area contributed by atoms with Crippen LogP contribution in [-0.4, -0.2) is 22.6 Å². The fraction of sp³-hybridized carbons (Fsp3) is 0.444. The van der Waals surface area contributed by atoms with E-state index in [0.717, 1.165) is 31.7 Å². The zero-order valence-corrected chi connectivity index (χ0v) is 12.4. The van der Waals surface area contributed by atoms with Crippen LogP contribution in [0.3, 0.4) is 0 Å². The minimum absolute atomic E-state index is 0.205. The number of nitrogens with zero attached hydrogens (tertiary/aromatic N) is 1. The second-order valence-corrected chi connectivity index (χ2v) is 6.76. The topological polar surface area (TPSA) is 36.6 Å². The van der Waals surface area contributed by atoms with Crippen molar-refractivity contribution in [2.75, 3.05) is 6.54 Å². The second-order valence-electron chi connectivity index (χ2n) is 6.76. The summed E-state index contributed by atoms with van der Waals surface area (Å²) in [5.74, 6) is 1.45. The van der Waals surface area contributed by atoms with Crippen molar-refractivity contribution in [3.8, 4) is 5.75 Å². The van der Waals surface area contributed by atoms with E-state index < -0.39 is 0 Å². The van der Waals surface area contributed by atoms with E-state index in [2.05, 4.69) is 24.0 Å². The molecule has 0 radical (unpaired) electrons. The number of furan rings is 1. The molecule has 1 N–H and O–H groups in total. The molecule has 0 spiro atoms. The zero-order chi connectivity index (χ0) is 14.4. The number of phenolic OH excluding ortho intramolecular Hbond substituents is 1. The summed E-state index contributed by atoms with van der Waals surface area (Å²) in [6.07, 6.45) is 5.14. The van der Waals surface area contributed by atoms with Crippen LogP contribution < -0.4 is 0 Å². The van der Waals surface area contributed by atoms with E-state index in [0.29, 0.717) is 11.8 Å². The first-order chi connectivity index (χ1) is 10.1. The minimum atomic E-state index is 0.205. The minimum Gasteiger partial charge on any atom is -0.508 e. The first kappa shape index (κ1) is 13.0. The molecule has 2 bridgehead atoms. The Morgan fingerprint density at radius 2 is 2.29 bits per heavy atom. The van der Waals surface area contributed by atoms with Gasteiger partial charge in [0, 0.05) is 6.04 Å². The highest BCUT2D eigenvalue weighted by molar-refractivity contribution is 5.43. The van der Waals surface area contributed by atoms with E-state index in [1.807, 2.05) is 18.2 Å². The van der Waals surface area contributed by atoms with Crippen molar-refractivity contribution in [2.24, 2.45) is 0 Å². The predicted molar refractivity (Wildman–Crippen MR) is 81.3 cm³/mol. The van der Waals surface area contributed by atoms with E-state index in [9.17, 15) is 5.11 Å². The van der Waals surface area contributed by atoms with E-state index in [1.165, 1.54) is 17.5 Å². The molecule has 1 aromatic heterocycles. The summed E-state index contributed by atoms with van der Waals surface area (Å²) in [5.41, 5.74) is 2.96. The molecule has 1 fully saturated rings. The summed E-state index contributed by atoms with van der Waals surface area (Å²) in [5, 5.41) is 9.80. The first-order valence-corrected chi connectivity index (χ1v) is 7.73. The van der Waals surface area contributed by atoms with Gasteiger partial charge in [0.05, 0.1) is 12.8 Å². The van der Waals surface area contributed by atoms with Gasteiger partial charge in [-0.1, -0.05) is 13.0 Å². The zero-order valence-electron chi connectivity index (χ0n) is 12.4. The normalized spacial score (nSPS) is 28.3. The van der Waals surface area contributed by atoms with Crippen LogP contribution in [0.15, 0.2) is 41.0 Å². The van der Waals surface area contributed by atoms with Crippen LogP contribution in [0, 0.1) is 0 Å². The molecule has 3 heteroatoms. The van der Waals surface area contributed by atoms with E-state index >= 15 is 0 Å². The Kier molecular flexibility index (Phi) is 2.86. The summed E-state index contributed by atoms with van der Waals surface area (Å²) in [6, 6.07) is 10.5. The third-order valence-electron chi connectivity index (χ3n) is 5.29. The maximum Gasteiger partial charge on any atom is 0.117 e. The first-order valence-electron chi connectivity index (χ1n) is 7.73. The van der Waals surface area contributed by atoms with Crippen molar-refractivity contribution in [2.45, 2.75) is 44.2 Å². The number of rotatable bonds is 2. The molecule has 21 heavy (non-hydrogen) atoms. The van der Waals surface area contributed by atoms with Gasteiger partial charge in [-0.15, -0.1) is 0 Å². The molecule has 1 aliphatic heterocycles. The molecule has 0 amide bonds. The molecular weight excluding hydrogens is 262 g/mol. The highest BCUT2D eigenvalue weighted by Crippen LogP contribution is 2.45. The van der Waals surface area contributed by atoms with Gasteiger partial charge in [-0.05, 0) is 66.6 Å². The lowest BCUT2D eigenvalue weighted by atomic mass is 9.65. The quantitative estimate of drug-likeness (QED) is 0.917. The molecule has 2 aliphatic rings. The molecule has 2 atom stereocenters. The number of hydrogen-bond acceptors (Lipinski definition) is 3. The van der Waals surface area contributed by atoms with Gasteiger partial charge in [0.1, 0.15) is 11.5 Å². The van der Waals surface area contributed by atoms with Gasteiger partial charge >= 0.3 is 0 Å². The van der Waals surface area contributed by atoms with Crippen LogP contribution >= 0.6 is 0 Å². The van der Waals surface area contributed by atoms with Crippen LogP contribution in [0.2, 0.25) is 0 Å². The molecule has 1 aliphatic carbocycles. The molecule has 4 rings (SSSR count). The maximum absolute atomic E-state index is 9.80. The van der Waals surface area contributed by atoms with E-state index in [-0.39, 0.29) is 5.41 Å². The number of piperidine rings is 1. The molecular formula is C18H21NO2. The smallest absolute Gasteiger partial charge is 0.117 e. The highest BCUT2D eigenvalue weighted by atomic mass is 16.3. The fourth-order valence-corrected chi connectivity index (χ4v) is 4.14. The summed E-state index contributed by atoms with van der Waals surface area (Å²) in [4.78, 5) is 2.55. The molecule has 1 saturated heterocycles. The summed E-state index contributed by atoms with van der Waals surface area (Å²) in [6.45, 7) is 4.35. The number of hydrogen-bond donors (Lipinski definition) is 1. The molecule has 2 aromatic rings. The van der Waals surface area contributed by atoms with Gasteiger partial charge in [0.2, 0.25) is 0 Å². The largest absolute Gasteiger partial charge is 0.508 e. The standard InChI is InChI=1S/C18H21NO2/c1-18-6-7-19(12-16-3-2-8-21-16)14(11-18)9-13-4-5-15(20)10-17(13)18/h2-5,8,10,14,20H,6-7,9,11-12H2,1H3. The van der Waals surface area contributed by atoms with Gasteiger partial charge in [0.25, 0.3) is 0 Å². The Morgan fingerprint density at radius 3 is 3.10 bits per heavy atom. The van der Waals surface area contributed by atoms with Crippen LogP contribution in [-0.2, 0) is 18.4 Å². The van der Waals surface area contributed by atoms with Crippen molar-refractivity contribution in [1.82, 2.24) is 4.90 Å². The average molecular weight is 283 g/mol. The number of aromatic hydroxyl groups is 1. The van der Waals surface area contributed by atoms with E-state index in [1.54, 1.807) is 6.26 Å². The van der Waals surface area contributed by atoms with Gasteiger partial charge in [-0.2, -0.15) is 0 Å². The summed E-state index contributed by atoms with van der Waals surface area (Å²) in [7, 11) is 0. The molecule has 3 nitrogen and oxygen atoms in total. The molecule has 1 aromatic carbocycles. The fourth-order valence-electron chi connectivity index (χ4n) is 4.14. The van der Waals surface area contributed by atoms with Gasteiger partial charge in [-0.3, -0.25) is 4.90 Å². The van der Waals surface area contributed by atoms with Crippen molar-refractivity contribution >= 4 is 0 Å². The molecule has 110 valence electrons. The second kappa shape index (κ2) is 4.63. The third-order valence-corrected chi connectivity index (χ3v) is 5.29. The number of fused-ring (bicyclic) bond motifs is 4. The van der Waals surface area contributed by atoms with Crippen LogP contribution in [0.25, 0.3) is 0 Å². The third kappa shape index (κ3) is 2.16. The number of benzene rings is 1. The van der Waals surface area contributed by atoms with E-state index in [4.69, 9.17) is 4.42 Å². The van der Waals surface area contributed by atoms with Crippen LogP contribution in [0.4, 0.5) is 0 Å². The molecule has 2 heterocycles. The van der Waals surface area contributed by atoms with Crippen LogP contribution in [0.1, 0.15) is 36.7 Å². The van der Waals surface area contributed by atoms with Crippen molar-refractivity contribution in [1.29, 1.82) is 0 Å². The summed E-state index contributed by atoms with van der Waals surface area (Å²) < 4.78 is 5.51. The number of likely N-dealkylation sites (tertiary alicyclic amines) is 1. The Morgan fingerprint density at radius 1 is 1.38 bits per heavy atom. The van der Waals surface area contributed by atoms with Crippen molar-refractivity contribution in [3.63, 3.8) is 0 Å². The lowest BCUT2D eigenvalue weighted by Gasteiger charge is -2.49. The monoisotopic (exact) mass is 283 g/mol. The molecule has 2 unspecified atom stereocenters. The maximum atomic E-state index is 9.80. The van der Waals surface area contributed by atoms with Gasteiger partial charge in [0.15, 0.2) is 0 Å². The highest BCUT2D eigenvalue weighted by Gasteiger charge is 2.42. The van der Waals surface area contributed by atoms with Gasteiger partial charge < -0.3 is 9.52 Å². The Labute approximate surface area is 125 Å². The number of phenols is 1. The summed E-state index contributed by atoms with van der Waals surface area (Å²) >= 11 is 0.